The van der Waals surface area contributed by atoms with Gasteiger partial charge in [-0.1, -0.05) is 0 Å². The molecule has 3 nitrogen and oxygen atoms in total. The lowest BCUT2D eigenvalue weighted by molar-refractivity contribution is 0.304. The summed E-state index contributed by atoms with van der Waals surface area (Å²) in [7, 11) is -0.611. The molecule has 4 heteroatoms. The number of nitrogens with two attached hydrogens (primary N) is 1. The van der Waals surface area contributed by atoms with Crippen LogP contribution in [-0.2, 0) is 10.8 Å². The largest absolute Gasteiger partial charge is 0.330 e. The zero-order valence-electron chi connectivity index (χ0n) is 8.88. The van der Waals surface area contributed by atoms with Crippen LogP contribution in [0.4, 0.5) is 0 Å². The molecule has 0 amide bonds. The lowest BCUT2D eigenvalue weighted by Crippen LogP contribution is -2.42. The molecule has 0 aliphatic carbocycles. The Morgan fingerprint density at radius 1 is 1.62 bits per heavy atom. The van der Waals surface area contributed by atoms with Crippen molar-refractivity contribution >= 4 is 10.8 Å². The van der Waals surface area contributed by atoms with E-state index in [0.29, 0.717) is 6.04 Å². The van der Waals surface area contributed by atoms with E-state index in [1.165, 1.54) is 19.4 Å². The first-order valence-corrected chi connectivity index (χ1v) is 6.73. The molecule has 1 aliphatic heterocycles. The molecule has 0 radical (unpaired) electrons. The predicted molar refractivity (Wildman–Crippen MR) is 61.3 cm³/mol. The molecule has 3 N–H and O–H groups in total. The molecule has 2 unspecified atom stereocenters. The van der Waals surface area contributed by atoms with Crippen LogP contribution in [0.1, 0.15) is 21.2 Å². The summed E-state index contributed by atoms with van der Waals surface area (Å²) in [5.41, 5.74) is 5.55. The number of hydrogen-bond donors (Lipinski definition) is 2. The second-order valence-corrected chi connectivity index (χ2v) is 5.11. The van der Waals surface area contributed by atoms with Crippen molar-refractivity contribution in [3.8, 4) is 0 Å². The van der Waals surface area contributed by atoms with Gasteiger partial charge in [0.1, 0.15) is 0 Å². The maximum atomic E-state index is 9.56. The Labute approximate surface area is 85.4 Å². The van der Waals surface area contributed by atoms with E-state index in [2.05, 4.69) is 12.2 Å². The fraction of sp³-hybridized carbons (Fsp3) is 1.00. The molecule has 1 saturated heterocycles. The van der Waals surface area contributed by atoms with Crippen molar-refractivity contribution < 1.29 is 5.64 Å². The highest BCUT2D eigenvalue weighted by atomic mass is 32.2. The summed E-state index contributed by atoms with van der Waals surface area (Å²) in [6, 6.07) is 0.642. The van der Waals surface area contributed by atoms with Crippen LogP contribution in [-0.4, -0.2) is 35.9 Å². The fourth-order valence-corrected chi connectivity index (χ4v) is 1.43. The molecule has 0 saturated carbocycles. The van der Waals surface area contributed by atoms with Crippen LogP contribution >= 0.6 is 0 Å². The van der Waals surface area contributed by atoms with Gasteiger partial charge < -0.3 is 11.1 Å². The standard InChI is InChI=1S/C7H16N2.C2H6OS.H2/c1-6-7(5-8)3-2-4-9-6;1-4(2)3;/h6-7,9H,2-5,8H2,1H3;1-2H3;1H. The second kappa shape index (κ2) is 7.47. The number of hydrogen-bond acceptors (Lipinski definition) is 3. The first-order valence-electron chi connectivity index (χ1n) is 4.76. The highest BCUT2D eigenvalue weighted by molar-refractivity contribution is 7.83. The molecule has 0 spiro atoms. The molecule has 0 aromatic heterocycles. The Bertz CT molecular complexity index is 154. The van der Waals surface area contributed by atoms with E-state index >= 15 is 0 Å². The van der Waals surface area contributed by atoms with Gasteiger partial charge in [0.25, 0.3) is 0 Å². The van der Waals surface area contributed by atoms with E-state index in [1.54, 1.807) is 12.5 Å². The van der Waals surface area contributed by atoms with Gasteiger partial charge in [-0.3, -0.25) is 4.21 Å². The first-order chi connectivity index (χ1) is 6.07. The van der Waals surface area contributed by atoms with Crippen molar-refractivity contribution in [3.63, 3.8) is 0 Å². The first kappa shape index (κ1) is 13.1. The maximum Gasteiger partial charge on any atom is 0.0148 e. The Kier molecular flexibility index (Phi) is 7.51. The van der Waals surface area contributed by atoms with Crippen LogP contribution < -0.4 is 11.1 Å². The minimum absolute atomic E-state index is 0. The third-order valence-electron chi connectivity index (χ3n) is 2.23. The molecular weight excluding hydrogens is 184 g/mol. The number of rotatable bonds is 1. The van der Waals surface area contributed by atoms with Crippen LogP contribution in [0.15, 0.2) is 0 Å². The van der Waals surface area contributed by atoms with Crippen LogP contribution in [0.5, 0.6) is 0 Å². The quantitative estimate of drug-likeness (QED) is 0.662. The Hall–Kier alpha value is 0.0700. The van der Waals surface area contributed by atoms with Gasteiger partial charge in [-0.05, 0) is 38.8 Å². The molecular formula is C9H24N2OS. The zero-order valence-corrected chi connectivity index (χ0v) is 9.69. The lowest BCUT2D eigenvalue weighted by Gasteiger charge is -2.28. The molecule has 0 aromatic rings. The van der Waals surface area contributed by atoms with Crippen molar-refractivity contribution in [3.05, 3.63) is 0 Å². The normalized spacial score (nSPS) is 28.1. The molecule has 82 valence electrons. The van der Waals surface area contributed by atoms with Crippen molar-refractivity contribution in [1.82, 2.24) is 5.32 Å². The van der Waals surface area contributed by atoms with Gasteiger partial charge >= 0.3 is 0 Å². The van der Waals surface area contributed by atoms with E-state index in [4.69, 9.17) is 5.73 Å². The van der Waals surface area contributed by atoms with E-state index in [-0.39, 0.29) is 1.43 Å². The van der Waals surface area contributed by atoms with E-state index in [1.807, 2.05) is 0 Å². The number of nitrogens with one attached hydrogen (secondary N) is 1. The summed E-state index contributed by atoms with van der Waals surface area (Å²) >= 11 is 0. The summed E-state index contributed by atoms with van der Waals surface area (Å²) in [6.45, 7) is 4.24. The van der Waals surface area contributed by atoms with Crippen molar-refractivity contribution in [2.45, 2.75) is 25.8 Å². The summed E-state index contributed by atoms with van der Waals surface area (Å²) in [4.78, 5) is 0. The fourth-order valence-electron chi connectivity index (χ4n) is 1.43. The summed E-state index contributed by atoms with van der Waals surface area (Å²) in [5, 5.41) is 3.40. The third-order valence-corrected chi connectivity index (χ3v) is 2.23. The average Bonchev–Trinajstić information content (AvgIpc) is 2.04. The van der Waals surface area contributed by atoms with E-state index < -0.39 is 10.8 Å². The topological polar surface area (TPSA) is 55.1 Å². The molecule has 13 heavy (non-hydrogen) atoms. The van der Waals surface area contributed by atoms with Gasteiger partial charge in [-0.25, -0.2) is 0 Å². The zero-order chi connectivity index (χ0) is 10.3. The molecule has 0 bridgehead atoms. The third kappa shape index (κ3) is 7.16. The number of piperidine rings is 1. The Balaban J connectivity index is 0. The van der Waals surface area contributed by atoms with Crippen LogP contribution in [0, 0.1) is 5.92 Å². The minimum Gasteiger partial charge on any atom is -0.330 e. The van der Waals surface area contributed by atoms with Gasteiger partial charge in [0, 0.05) is 30.8 Å². The van der Waals surface area contributed by atoms with Gasteiger partial charge in [0.05, 0.1) is 0 Å². The molecule has 0 aromatic carbocycles. The van der Waals surface area contributed by atoms with Gasteiger partial charge in [-0.2, -0.15) is 0 Å². The lowest BCUT2D eigenvalue weighted by atomic mass is 9.92. The molecule has 1 rings (SSSR count). The SMILES string of the molecule is CC1NCCCC1CN.CS(C)=O.[HH]. The highest BCUT2D eigenvalue weighted by Crippen LogP contribution is 2.13. The monoisotopic (exact) mass is 208 g/mol. The predicted octanol–water partition coefficient (Wildman–Crippen LogP) is 0.574. The minimum atomic E-state index is -0.611. The molecule has 1 fully saturated rings. The summed E-state index contributed by atoms with van der Waals surface area (Å²) in [5.74, 6) is 0.721. The Morgan fingerprint density at radius 3 is 2.46 bits per heavy atom. The smallest absolute Gasteiger partial charge is 0.0148 e. The second-order valence-electron chi connectivity index (χ2n) is 3.62. The van der Waals surface area contributed by atoms with Gasteiger partial charge in [-0.15, -0.1) is 0 Å². The van der Waals surface area contributed by atoms with E-state index in [9.17, 15) is 4.21 Å². The van der Waals surface area contributed by atoms with Crippen molar-refractivity contribution in [2.75, 3.05) is 25.6 Å². The maximum absolute atomic E-state index is 9.56. The van der Waals surface area contributed by atoms with E-state index in [0.717, 1.165) is 12.5 Å². The van der Waals surface area contributed by atoms with Crippen molar-refractivity contribution in [1.29, 1.82) is 0 Å². The average molecular weight is 208 g/mol. The highest BCUT2D eigenvalue weighted by Gasteiger charge is 2.18. The summed E-state index contributed by atoms with van der Waals surface area (Å²) in [6.07, 6.45) is 5.89. The van der Waals surface area contributed by atoms with Crippen LogP contribution in [0.25, 0.3) is 0 Å². The van der Waals surface area contributed by atoms with Crippen LogP contribution in [0.2, 0.25) is 0 Å². The van der Waals surface area contributed by atoms with Crippen LogP contribution in [0.3, 0.4) is 0 Å². The van der Waals surface area contributed by atoms with Gasteiger partial charge in [0.15, 0.2) is 0 Å². The molecule has 1 heterocycles. The Morgan fingerprint density at radius 2 is 2.15 bits per heavy atom. The van der Waals surface area contributed by atoms with Crippen molar-refractivity contribution in [2.24, 2.45) is 11.7 Å². The summed E-state index contributed by atoms with van der Waals surface area (Å²) < 4.78 is 9.56. The molecule has 1 aliphatic rings. The molecule has 2 atom stereocenters. The van der Waals surface area contributed by atoms with Gasteiger partial charge in [0.2, 0.25) is 0 Å².